The summed E-state index contributed by atoms with van der Waals surface area (Å²) in [6.07, 6.45) is -4.67. The van der Waals surface area contributed by atoms with E-state index in [0.717, 1.165) is 16.3 Å². The van der Waals surface area contributed by atoms with E-state index in [1.807, 2.05) is 11.6 Å². The molecule has 38 heavy (non-hydrogen) atoms. The second-order valence-corrected chi connectivity index (χ2v) is 9.86. The molecule has 3 aromatic carbocycles. The maximum atomic E-state index is 13.4. The van der Waals surface area contributed by atoms with Gasteiger partial charge in [-0.3, -0.25) is 4.79 Å². The zero-order valence-electron chi connectivity index (χ0n) is 20.2. The lowest BCUT2D eigenvalue weighted by molar-refractivity contribution is -0.141. The maximum Gasteiger partial charge on any atom is 0.435 e. The first-order chi connectivity index (χ1) is 18.0. The van der Waals surface area contributed by atoms with Gasteiger partial charge in [0.15, 0.2) is 12.3 Å². The van der Waals surface area contributed by atoms with Gasteiger partial charge in [0.2, 0.25) is 0 Å². The normalized spacial score (nSPS) is 11.7. The summed E-state index contributed by atoms with van der Waals surface area (Å²) in [7, 11) is -2.77. The van der Waals surface area contributed by atoms with Gasteiger partial charge in [-0.25, -0.2) is 17.8 Å². The number of carbonyl (C=O) groups is 1. The number of hydrogen-bond acceptors (Lipinski definition) is 6. The number of halogens is 3. The van der Waals surface area contributed by atoms with Gasteiger partial charge in [0.25, 0.3) is 15.9 Å². The van der Waals surface area contributed by atoms with Crippen molar-refractivity contribution in [1.82, 2.24) is 14.5 Å². The molecule has 0 spiro atoms. The average Bonchev–Trinajstić information content (AvgIpc) is 3.34. The summed E-state index contributed by atoms with van der Waals surface area (Å²) in [5.74, 6) is 0.0153. The van der Waals surface area contributed by atoms with Crippen molar-refractivity contribution in [2.24, 2.45) is 0 Å². The molecule has 0 atom stereocenters. The van der Waals surface area contributed by atoms with Gasteiger partial charge in [0.05, 0.1) is 23.4 Å². The number of aromatic nitrogens is 2. The van der Waals surface area contributed by atoms with Crippen LogP contribution in [0.4, 0.5) is 13.2 Å². The molecule has 1 heterocycles. The Bertz CT molecular complexity index is 1530. The van der Waals surface area contributed by atoms with E-state index in [0.29, 0.717) is 17.1 Å². The number of nitrogens with one attached hydrogen (secondary N) is 1. The topological polar surface area (TPSA) is 99.5 Å². The predicted molar refractivity (Wildman–Crippen MR) is 133 cm³/mol. The lowest BCUT2D eigenvalue weighted by Gasteiger charge is -2.11. The Labute approximate surface area is 216 Å². The molecule has 8 nitrogen and oxygen atoms in total. The van der Waals surface area contributed by atoms with Crippen molar-refractivity contribution < 1.29 is 35.9 Å². The fourth-order valence-corrected chi connectivity index (χ4v) is 4.44. The van der Waals surface area contributed by atoms with Crippen LogP contribution in [0.2, 0.25) is 0 Å². The van der Waals surface area contributed by atoms with E-state index in [9.17, 15) is 26.4 Å². The second kappa shape index (κ2) is 10.6. The molecule has 0 fully saturated rings. The van der Waals surface area contributed by atoms with Crippen molar-refractivity contribution in [2.75, 3.05) is 13.7 Å². The van der Waals surface area contributed by atoms with E-state index in [1.54, 1.807) is 48.5 Å². The lowest BCUT2D eigenvalue weighted by Crippen LogP contribution is -2.34. The molecule has 4 rings (SSSR count). The molecular weight excluding hydrogens is 523 g/mol. The molecule has 0 saturated carbocycles. The number of sulfonamides is 1. The SMILES string of the molecule is COc1ccc(OCC(=O)NS(=O)(=O)c2ccc(-n3nc(C(F)(F)F)cc3-c3ccc(C)cc3)cc2)cc1. The number of benzene rings is 3. The maximum absolute atomic E-state index is 13.4. The van der Waals surface area contributed by atoms with Gasteiger partial charge in [0, 0.05) is 5.56 Å². The monoisotopic (exact) mass is 545 g/mol. The van der Waals surface area contributed by atoms with Gasteiger partial charge in [-0.05, 0) is 61.5 Å². The van der Waals surface area contributed by atoms with Crippen molar-refractivity contribution in [2.45, 2.75) is 18.0 Å². The highest BCUT2D eigenvalue weighted by Crippen LogP contribution is 2.33. The number of aryl methyl sites for hydroxylation is 1. The summed E-state index contributed by atoms with van der Waals surface area (Å²) in [5, 5.41) is 3.70. The number of ether oxygens (including phenoxy) is 2. The predicted octanol–water partition coefficient (Wildman–Crippen LogP) is 4.76. The van der Waals surface area contributed by atoms with E-state index in [-0.39, 0.29) is 16.3 Å². The minimum absolute atomic E-state index is 0.178. The third-order valence-electron chi connectivity index (χ3n) is 5.42. The molecule has 12 heteroatoms. The summed E-state index contributed by atoms with van der Waals surface area (Å²) in [6, 6.07) is 19.1. The standard InChI is InChI=1S/C26H22F3N3O5S/c1-17-3-5-18(6-4-17)23-15-24(26(27,28)29)30-32(23)19-7-13-22(14-8-19)38(34,35)31-25(33)16-37-21-11-9-20(36-2)10-12-21/h3-15H,16H2,1-2H3,(H,31,33). The average molecular weight is 546 g/mol. The van der Waals surface area contributed by atoms with Crippen molar-refractivity contribution in [1.29, 1.82) is 0 Å². The van der Waals surface area contributed by atoms with Gasteiger partial charge in [-0.2, -0.15) is 18.3 Å². The number of nitrogens with zero attached hydrogens (tertiary/aromatic N) is 2. The Morgan fingerprint density at radius 2 is 1.55 bits per heavy atom. The smallest absolute Gasteiger partial charge is 0.435 e. The minimum Gasteiger partial charge on any atom is -0.497 e. The lowest BCUT2D eigenvalue weighted by atomic mass is 10.1. The van der Waals surface area contributed by atoms with Gasteiger partial charge in [-0.15, -0.1) is 0 Å². The number of methoxy groups -OCH3 is 1. The largest absolute Gasteiger partial charge is 0.497 e. The van der Waals surface area contributed by atoms with Crippen LogP contribution in [0, 0.1) is 6.92 Å². The van der Waals surface area contributed by atoms with Crippen LogP contribution in [-0.4, -0.2) is 37.8 Å². The number of hydrogen-bond donors (Lipinski definition) is 1. The highest BCUT2D eigenvalue weighted by molar-refractivity contribution is 7.90. The molecule has 1 amide bonds. The molecule has 0 aliphatic heterocycles. The quantitative estimate of drug-likeness (QED) is 0.343. The fraction of sp³-hybridized carbons (Fsp3) is 0.154. The molecule has 0 unspecified atom stereocenters. The van der Waals surface area contributed by atoms with Crippen molar-refractivity contribution >= 4 is 15.9 Å². The zero-order valence-corrected chi connectivity index (χ0v) is 21.0. The first-order valence-electron chi connectivity index (χ1n) is 11.1. The van der Waals surface area contributed by atoms with Crippen LogP contribution in [0.15, 0.2) is 83.8 Å². The summed E-state index contributed by atoms with van der Waals surface area (Å²) >= 11 is 0. The van der Waals surface area contributed by atoms with Crippen LogP contribution in [0.3, 0.4) is 0 Å². The molecule has 4 aromatic rings. The van der Waals surface area contributed by atoms with Crippen LogP contribution in [-0.2, 0) is 21.0 Å². The molecule has 1 N–H and O–H groups in total. The Balaban J connectivity index is 1.52. The van der Waals surface area contributed by atoms with E-state index in [1.165, 1.54) is 31.4 Å². The number of rotatable bonds is 8. The summed E-state index contributed by atoms with van der Waals surface area (Å²) in [5.41, 5.74) is 0.719. The van der Waals surface area contributed by atoms with Gasteiger partial charge >= 0.3 is 6.18 Å². The van der Waals surface area contributed by atoms with Gasteiger partial charge in [0.1, 0.15) is 11.5 Å². The fourth-order valence-electron chi connectivity index (χ4n) is 3.47. The van der Waals surface area contributed by atoms with E-state index in [4.69, 9.17) is 9.47 Å². The highest BCUT2D eigenvalue weighted by atomic mass is 32.2. The van der Waals surface area contributed by atoms with Crippen molar-refractivity contribution in [3.05, 3.63) is 90.1 Å². The number of alkyl halides is 3. The minimum atomic E-state index is -4.67. The van der Waals surface area contributed by atoms with Crippen molar-refractivity contribution in [3.63, 3.8) is 0 Å². The zero-order chi connectivity index (χ0) is 27.5. The summed E-state index contributed by atoms with van der Waals surface area (Å²) in [6.45, 7) is 1.29. The van der Waals surface area contributed by atoms with E-state index < -0.39 is 34.4 Å². The molecule has 0 aliphatic carbocycles. The van der Waals surface area contributed by atoms with Crippen LogP contribution < -0.4 is 14.2 Å². The number of amides is 1. The number of carbonyl (C=O) groups excluding carboxylic acids is 1. The molecule has 0 saturated heterocycles. The Morgan fingerprint density at radius 1 is 0.947 bits per heavy atom. The summed E-state index contributed by atoms with van der Waals surface area (Å²) < 4.78 is 78.9. The second-order valence-electron chi connectivity index (χ2n) is 8.18. The molecule has 0 radical (unpaired) electrons. The van der Waals surface area contributed by atoms with Gasteiger partial charge < -0.3 is 9.47 Å². The molecule has 0 bridgehead atoms. The van der Waals surface area contributed by atoms with Crippen LogP contribution >= 0.6 is 0 Å². The third-order valence-corrected chi connectivity index (χ3v) is 6.81. The van der Waals surface area contributed by atoms with Crippen LogP contribution in [0.5, 0.6) is 11.5 Å². The Morgan fingerprint density at radius 3 is 2.13 bits per heavy atom. The van der Waals surface area contributed by atoms with E-state index >= 15 is 0 Å². The van der Waals surface area contributed by atoms with E-state index in [2.05, 4.69) is 5.10 Å². The van der Waals surface area contributed by atoms with Gasteiger partial charge in [-0.1, -0.05) is 29.8 Å². The third kappa shape index (κ3) is 6.14. The molecule has 0 aliphatic rings. The Hall–Kier alpha value is -4.32. The highest BCUT2D eigenvalue weighted by Gasteiger charge is 2.35. The molecular formula is C26H22F3N3O5S. The van der Waals surface area contributed by atoms with Crippen LogP contribution in [0.1, 0.15) is 11.3 Å². The first kappa shape index (κ1) is 26.7. The molecule has 198 valence electrons. The van der Waals surface area contributed by atoms with Crippen molar-refractivity contribution in [3.8, 4) is 28.4 Å². The Kier molecular flexibility index (Phi) is 7.44. The summed E-state index contributed by atoms with van der Waals surface area (Å²) in [4.78, 5) is 11.9. The van der Waals surface area contributed by atoms with Crippen LogP contribution in [0.25, 0.3) is 16.9 Å². The first-order valence-corrected chi connectivity index (χ1v) is 12.6. The molecule has 1 aromatic heterocycles.